The third kappa shape index (κ3) is 2.42. The van der Waals surface area contributed by atoms with Gasteiger partial charge >= 0.3 is 0 Å². The van der Waals surface area contributed by atoms with Crippen LogP contribution in [0.5, 0.6) is 0 Å². The Morgan fingerprint density at radius 1 is 1.67 bits per heavy atom. The highest BCUT2D eigenvalue weighted by Crippen LogP contribution is 2.38. The van der Waals surface area contributed by atoms with E-state index in [0.29, 0.717) is 11.0 Å². The molecule has 1 aliphatic rings. The molecule has 0 saturated heterocycles. The molecule has 5 heteroatoms. The van der Waals surface area contributed by atoms with Gasteiger partial charge in [-0.05, 0) is 25.7 Å². The van der Waals surface area contributed by atoms with Gasteiger partial charge in [0.15, 0.2) is 5.13 Å². The Kier molecular flexibility index (Phi) is 3.73. The van der Waals surface area contributed by atoms with Gasteiger partial charge in [0, 0.05) is 11.4 Å². The average Bonchev–Trinajstić information content (AvgIpc) is 2.88. The molecule has 0 aliphatic heterocycles. The molecular weight excluding hydrogens is 246 g/mol. The van der Waals surface area contributed by atoms with Crippen molar-refractivity contribution in [3.05, 3.63) is 11.1 Å². The fourth-order valence-corrected chi connectivity index (χ4v) is 3.19. The Balaban J connectivity index is 2.06. The van der Waals surface area contributed by atoms with E-state index in [1.165, 1.54) is 11.3 Å². The number of rotatable bonds is 3. The van der Waals surface area contributed by atoms with Crippen LogP contribution in [0.15, 0.2) is 5.38 Å². The van der Waals surface area contributed by atoms with E-state index in [-0.39, 0.29) is 11.9 Å². The molecule has 3 N–H and O–H groups in total. The summed E-state index contributed by atoms with van der Waals surface area (Å²) in [6.45, 7) is 6.14. The summed E-state index contributed by atoms with van der Waals surface area (Å²) < 4.78 is 0. The molecule has 0 radical (unpaired) electrons. The SMILES string of the molecule is CC(C)c1csc(NC(=O)C2(C)CCCC2N)n1. The van der Waals surface area contributed by atoms with Gasteiger partial charge in [-0.3, -0.25) is 4.79 Å². The van der Waals surface area contributed by atoms with Crippen molar-refractivity contribution in [2.24, 2.45) is 11.1 Å². The Hall–Kier alpha value is -0.940. The Morgan fingerprint density at radius 2 is 2.39 bits per heavy atom. The molecule has 2 unspecified atom stereocenters. The van der Waals surface area contributed by atoms with Crippen LogP contribution in [0.1, 0.15) is 51.6 Å². The van der Waals surface area contributed by atoms with Gasteiger partial charge in [-0.2, -0.15) is 0 Å². The highest BCUT2D eigenvalue weighted by molar-refractivity contribution is 7.13. The number of nitrogens with two attached hydrogens (primary N) is 1. The van der Waals surface area contributed by atoms with Crippen molar-refractivity contribution in [3.8, 4) is 0 Å². The summed E-state index contributed by atoms with van der Waals surface area (Å²) in [7, 11) is 0. The Bertz CT molecular complexity index is 443. The fourth-order valence-electron chi connectivity index (χ4n) is 2.32. The van der Waals surface area contributed by atoms with Crippen molar-refractivity contribution in [1.82, 2.24) is 4.98 Å². The maximum atomic E-state index is 12.3. The standard InChI is InChI=1S/C13H21N3OS/c1-8(2)9-7-18-12(15-9)16-11(17)13(3)6-4-5-10(13)14/h7-8,10H,4-6,14H2,1-3H3,(H,15,16,17). The molecule has 1 aromatic heterocycles. The van der Waals surface area contributed by atoms with E-state index in [1.54, 1.807) is 0 Å². The highest BCUT2D eigenvalue weighted by atomic mass is 32.1. The van der Waals surface area contributed by atoms with E-state index in [0.717, 1.165) is 25.0 Å². The molecule has 1 aliphatic carbocycles. The van der Waals surface area contributed by atoms with Gasteiger partial charge in [0.1, 0.15) is 0 Å². The van der Waals surface area contributed by atoms with E-state index < -0.39 is 5.41 Å². The fraction of sp³-hybridized carbons (Fsp3) is 0.692. The molecule has 4 nitrogen and oxygen atoms in total. The number of hydrogen-bond acceptors (Lipinski definition) is 4. The van der Waals surface area contributed by atoms with Crippen molar-refractivity contribution in [1.29, 1.82) is 0 Å². The van der Waals surface area contributed by atoms with Gasteiger partial charge in [0.25, 0.3) is 0 Å². The lowest BCUT2D eigenvalue weighted by Gasteiger charge is -2.26. The van der Waals surface area contributed by atoms with Crippen molar-refractivity contribution >= 4 is 22.4 Å². The van der Waals surface area contributed by atoms with Crippen LogP contribution in [0.25, 0.3) is 0 Å². The second-order valence-corrected chi connectivity index (χ2v) is 6.46. The smallest absolute Gasteiger partial charge is 0.233 e. The molecule has 0 bridgehead atoms. The monoisotopic (exact) mass is 267 g/mol. The molecule has 1 aromatic rings. The summed E-state index contributed by atoms with van der Waals surface area (Å²) in [6, 6.07) is -0.0398. The number of thiazole rings is 1. The van der Waals surface area contributed by atoms with Gasteiger partial charge < -0.3 is 11.1 Å². The number of carbonyl (C=O) groups excluding carboxylic acids is 1. The zero-order valence-corrected chi connectivity index (χ0v) is 12.0. The molecule has 0 aromatic carbocycles. The number of carbonyl (C=O) groups is 1. The highest BCUT2D eigenvalue weighted by Gasteiger charge is 2.43. The molecule has 0 spiro atoms. The third-order valence-corrected chi connectivity index (χ3v) is 4.66. The van der Waals surface area contributed by atoms with Crippen LogP contribution in [-0.4, -0.2) is 16.9 Å². The van der Waals surface area contributed by atoms with Crippen LogP contribution in [-0.2, 0) is 4.79 Å². The summed E-state index contributed by atoms with van der Waals surface area (Å²) in [4.78, 5) is 16.7. The number of nitrogens with one attached hydrogen (secondary N) is 1. The number of hydrogen-bond donors (Lipinski definition) is 2. The van der Waals surface area contributed by atoms with Gasteiger partial charge in [0.05, 0.1) is 11.1 Å². The maximum Gasteiger partial charge on any atom is 0.233 e. The quantitative estimate of drug-likeness (QED) is 0.884. The van der Waals surface area contributed by atoms with E-state index >= 15 is 0 Å². The first-order valence-electron chi connectivity index (χ1n) is 6.46. The lowest BCUT2D eigenvalue weighted by atomic mass is 9.84. The largest absolute Gasteiger partial charge is 0.327 e. The second-order valence-electron chi connectivity index (χ2n) is 5.60. The van der Waals surface area contributed by atoms with Gasteiger partial charge in [-0.15, -0.1) is 11.3 Å². The first kappa shape index (κ1) is 13.5. The van der Waals surface area contributed by atoms with E-state index in [9.17, 15) is 4.79 Å². The predicted molar refractivity (Wildman–Crippen MR) is 74.8 cm³/mol. The normalized spacial score (nSPS) is 27.7. The van der Waals surface area contributed by atoms with Crippen molar-refractivity contribution in [2.75, 3.05) is 5.32 Å². The minimum atomic E-state index is -0.441. The molecule has 2 atom stereocenters. The summed E-state index contributed by atoms with van der Waals surface area (Å²) in [5.74, 6) is 0.397. The number of nitrogens with zero attached hydrogens (tertiary/aromatic N) is 1. The molecule has 1 amide bonds. The van der Waals surface area contributed by atoms with Crippen LogP contribution in [0.3, 0.4) is 0 Å². The first-order valence-corrected chi connectivity index (χ1v) is 7.34. The van der Waals surface area contributed by atoms with Crippen molar-refractivity contribution < 1.29 is 4.79 Å². The minimum Gasteiger partial charge on any atom is -0.327 e. The number of amides is 1. The van der Waals surface area contributed by atoms with Crippen LogP contribution in [0.2, 0.25) is 0 Å². The summed E-state index contributed by atoms with van der Waals surface area (Å²) >= 11 is 1.48. The first-order chi connectivity index (χ1) is 8.43. The Morgan fingerprint density at radius 3 is 2.89 bits per heavy atom. The van der Waals surface area contributed by atoms with Crippen molar-refractivity contribution in [3.63, 3.8) is 0 Å². The molecule has 2 rings (SSSR count). The Labute approximate surface area is 112 Å². The van der Waals surface area contributed by atoms with E-state index in [1.807, 2.05) is 12.3 Å². The van der Waals surface area contributed by atoms with Crippen LogP contribution < -0.4 is 11.1 Å². The summed E-state index contributed by atoms with van der Waals surface area (Å²) in [5, 5.41) is 5.60. The molecule has 1 fully saturated rings. The zero-order valence-electron chi connectivity index (χ0n) is 11.2. The van der Waals surface area contributed by atoms with Gasteiger partial charge in [0.2, 0.25) is 5.91 Å². The number of aromatic nitrogens is 1. The topological polar surface area (TPSA) is 68.0 Å². The zero-order chi connectivity index (χ0) is 13.3. The number of anilines is 1. The van der Waals surface area contributed by atoms with Crippen LogP contribution in [0.4, 0.5) is 5.13 Å². The summed E-state index contributed by atoms with van der Waals surface area (Å²) in [6.07, 6.45) is 2.82. The van der Waals surface area contributed by atoms with Crippen molar-refractivity contribution in [2.45, 2.75) is 52.0 Å². The third-order valence-electron chi connectivity index (χ3n) is 3.88. The lowest BCUT2D eigenvalue weighted by molar-refractivity contribution is -0.125. The van der Waals surface area contributed by atoms with E-state index in [4.69, 9.17) is 5.73 Å². The molecule has 18 heavy (non-hydrogen) atoms. The molecular formula is C13H21N3OS. The molecule has 1 heterocycles. The average molecular weight is 267 g/mol. The predicted octanol–water partition coefficient (Wildman–Crippen LogP) is 2.72. The molecule has 1 saturated carbocycles. The lowest BCUT2D eigenvalue weighted by Crippen LogP contribution is -2.44. The summed E-state index contributed by atoms with van der Waals surface area (Å²) in [5.41, 5.74) is 6.63. The van der Waals surface area contributed by atoms with Crippen LogP contribution >= 0.6 is 11.3 Å². The van der Waals surface area contributed by atoms with E-state index in [2.05, 4.69) is 24.1 Å². The maximum absolute atomic E-state index is 12.3. The van der Waals surface area contributed by atoms with Gasteiger partial charge in [-0.25, -0.2) is 4.98 Å². The second kappa shape index (κ2) is 4.97. The molecule has 100 valence electrons. The van der Waals surface area contributed by atoms with Crippen LogP contribution in [0, 0.1) is 5.41 Å². The minimum absolute atomic E-state index is 0.0113. The van der Waals surface area contributed by atoms with Gasteiger partial charge in [-0.1, -0.05) is 20.3 Å².